The number of nitrogens with one attached hydrogen (secondary N) is 2. The predicted molar refractivity (Wildman–Crippen MR) is 102 cm³/mol. The van der Waals surface area contributed by atoms with Crippen LogP contribution in [0.5, 0.6) is 0 Å². The molecule has 2 aromatic heterocycles. The summed E-state index contributed by atoms with van der Waals surface area (Å²) in [5, 5.41) is 6.14. The maximum atomic E-state index is 12.6. The number of nitrogens with zero attached hydrogens (tertiary/aromatic N) is 3. The summed E-state index contributed by atoms with van der Waals surface area (Å²) in [6.45, 7) is 6.34. The highest BCUT2D eigenvalue weighted by molar-refractivity contribution is 6.03. The molecule has 0 unspecified atom stereocenters. The number of aromatic nitrogens is 3. The van der Waals surface area contributed by atoms with Gasteiger partial charge in [-0.1, -0.05) is 18.2 Å². The van der Waals surface area contributed by atoms with Gasteiger partial charge in [0.25, 0.3) is 5.91 Å². The van der Waals surface area contributed by atoms with Crippen molar-refractivity contribution >= 4 is 17.4 Å². The van der Waals surface area contributed by atoms with Crippen LogP contribution >= 0.6 is 0 Å². The summed E-state index contributed by atoms with van der Waals surface area (Å²) in [6, 6.07) is 11.3. The minimum atomic E-state index is -0.256. The van der Waals surface area contributed by atoms with E-state index in [-0.39, 0.29) is 5.91 Å². The van der Waals surface area contributed by atoms with Crippen molar-refractivity contribution in [1.82, 2.24) is 15.0 Å². The van der Waals surface area contributed by atoms with E-state index < -0.39 is 0 Å². The van der Waals surface area contributed by atoms with Crippen molar-refractivity contribution in [3.8, 4) is 0 Å². The number of carbonyl (C=O) groups excluding carboxylic acids is 1. The number of hydrogen-bond acceptors (Lipinski definition) is 5. The maximum absolute atomic E-state index is 12.6. The van der Waals surface area contributed by atoms with Crippen LogP contribution in [-0.4, -0.2) is 20.9 Å². The van der Waals surface area contributed by atoms with Gasteiger partial charge in [0.2, 0.25) is 0 Å². The van der Waals surface area contributed by atoms with Crippen LogP contribution < -0.4 is 10.6 Å². The van der Waals surface area contributed by atoms with Crippen LogP contribution in [0.25, 0.3) is 0 Å². The average Bonchev–Trinajstić information content (AvgIpc) is 2.64. The Kier molecular flexibility index (Phi) is 5.22. The second kappa shape index (κ2) is 7.74. The Labute approximate surface area is 152 Å². The molecule has 0 aliphatic rings. The largest absolute Gasteiger partial charge is 0.366 e. The van der Waals surface area contributed by atoms with Crippen LogP contribution in [0.4, 0.5) is 11.5 Å². The molecule has 0 saturated heterocycles. The van der Waals surface area contributed by atoms with Crippen molar-refractivity contribution in [2.45, 2.75) is 27.3 Å². The lowest BCUT2D eigenvalue weighted by atomic mass is 10.1. The molecule has 1 amide bonds. The Bertz CT molecular complexity index is 925. The first-order valence-electron chi connectivity index (χ1n) is 8.39. The zero-order chi connectivity index (χ0) is 18.5. The quantitative estimate of drug-likeness (QED) is 0.736. The second-order valence-corrected chi connectivity index (χ2v) is 6.10. The fourth-order valence-electron chi connectivity index (χ4n) is 2.54. The summed E-state index contributed by atoms with van der Waals surface area (Å²) in [5.41, 5.74) is 4.32. The van der Waals surface area contributed by atoms with E-state index in [0.29, 0.717) is 23.9 Å². The Hall–Kier alpha value is -3.28. The normalized spacial score (nSPS) is 10.4. The Morgan fingerprint density at radius 3 is 2.69 bits per heavy atom. The van der Waals surface area contributed by atoms with E-state index in [1.807, 2.05) is 44.2 Å². The van der Waals surface area contributed by atoms with E-state index in [4.69, 9.17) is 0 Å². The highest BCUT2D eigenvalue weighted by Gasteiger charge is 2.12. The molecule has 0 bridgehead atoms. The first kappa shape index (κ1) is 17.5. The fourth-order valence-corrected chi connectivity index (χ4v) is 2.54. The molecule has 6 heteroatoms. The molecule has 6 nitrogen and oxygen atoms in total. The van der Waals surface area contributed by atoms with Gasteiger partial charge in [-0.15, -0.1) is 0 Å². The lowest BCUT2D eigenvalue weighted by Gasteiger charge is -2.11. The van der Waals surface area contributed by atoms with Gasteiger partial charge in [-0.2, -0.15) is 0 Å². The molecule has 132 valence electrons. The molecule has 0 atom stereocenters. The molecule has 2 heterocycles. The van der Waals surface area contributed by atoms with E-state index >= 15 is 0 Å². The maximum Gasteiger partial charge on any atom is 0.274 e. The van der Waals surface area contributed by atoms with Gasteiger partial charge in [0.05, 0.1) is 0 Å². The van der Waals surface area contributed by atoms with Gasteiger partial charge < -0.3 is 10.6 Å². The molecular formula is C20H21N5O. The summed E-state index contributed by atoms with van der Waals surface area (Å²) in [5.74, 6) is 0.883. The van der Waals surface area contributed by atoms with E-state index in [0.717, 1.165) is 22.4 Å². The number of pyridine rings is 1. The molecule has 0 saturated carbocycles. The summed E-state index contributed by atoms with van der Waals surface area (Å²) in [7, 11) is 0. The number of amides is 1. The van der Waals surface area contributed by atoms with Gasteiger partial charge in [-0.05, 0) is 49.6 Å². The summed E-state index contributed by atoms with van der Waals surface area (Å²) < 4.78 is 0. The van der Waals surface area contributed by atoms with Crippen LogP contribution in [0.15, 0.2) is 48.8 Å². The SMILES string of the molecule is Cc1nc(NCc2cccnc2)cc(C(=O)Nc2cccc(C)c2C)n1. The topological polar surface area (TPSA) is 79.8 Å². The fraction of sp³-hybridized carbons (Fsp3) is 0.200. The predicted octanol–water partition coefficient (Wildman–Crippen LogP) is 3.66. The number of hydrogen-bond donors (Lipinski definition) is 2. The molecule has 0 radical (unpaired) electrons. The van der Waals surface area contributed by atoms with Crippen molar-refractivity contribution in [3.63, 3.8) is 0 Å². The minimum absolute atomic E-state index is 0.256. The number of carbonyl (C=O) groups is 1. The van der Waals surface area contributed by atoms with Gasteiger partial charge in [0.15, 0.2) is 0 Å². The van der Waals surface area contributed by atoms with Crippen LogP contribution in [0.1, 0.15) is 33.0 Å². The summed E-state index contributed by atoms with van der Waals surface area (Å²) in [6.07, 6.45) is 3.52. The zero-order valence-electron chi connectivity index (χ0n) is 15.1. The Morgan fingerprint density at radius 2 is 1.92 bits per heavy atom. The molecule has 3 aromatic rings. The zero-order valence-corrected chi connectivity index (χ0v) is 15.1. The highest BCUT2D eigenvalue weighted by atomic mass is 16.1. The first-order valence-corrected chi connectivity index (χ1v) is 8.39. The van der Waals surface area contributed by atoms with Crippen LogP contribution in [0.3, 0.4) is 0 Å². The van der Waals surface area contributed by atoms with Gasteiger partial charge in [0.1, 0.15) is 17.3 Å². The van der Waals surface area contributed by atoms with Crippen molar-refractivity contribution < 1.29 is 4.79 Å². The average molecular weight is 347 g/mol. The number of rotatable bonds is 5. The van der Waals surface area contributed by atoms with E-state index in [1.165, 1.54) is 0 Å². The van der Waals surface area contributed by atoms with Crippen LogP contribution in [-0.2, 0) is 6.54 Å². The molecule has 2 N–H and O–H groups in total. The standard InChI is InChI=1S/C20H21N5O/c1-13-6-4-8-17(14(13)2)25-20(26)18-10-19(24-15(3)23-18)22-12-16-7-5-9-21-11-16/h4-11H,12H2,1-3H3,(H,25,26)(H,22,23,24). The van der Waals surface area contributed by atoms with Crippen molar-refractivity contribution in [2.75, 3.05) is 10.6 Å². The molecule has 0 aliphatic carbocycles. The molecule has 1 aromatic carbocycles. The third kappa shape index (κ3) is 4.22. The highest BCUT2D eigenvalue weighted by Crippen LogP contribution is 2.19. The summed E-state index contributed by atoms with van der Waals surface area (Å²) in [4.78, 5) is 25.3. The monoisotopic (exact) mass is 347 g/mol. The Morgan fingerprint density at radius 1 is 1.08 bits per heavy atom. The molecular weight excluding hydrogens is 326 g/mol. The Balaban J connectivity index is 1.76. The first-order chi connectivity index (χ1) is 12.5. The van der Waals surface area contributed by atoms with Crippen LogP contribution in [0.2, 0.25) is 0 Å². The van der Waals surface area contributed by atoms with Gasteiger partial charge in [-0.3, -0.25) is 9.78 Å². The number of aryl methyl sites for hydroxylation is 2. The van der Waals surface area contributed by atoms with Crippen molar-refractivity contribution in [3.05, 3.63) is 77.0 Å². The van der Waals surface area contributed by atoms with Crippen LogP contribution in [0, 0.1) is 20.8 Å². The van der Waals surface area contributed by atoms with Gasteiger partial charge in [-0.25, -0.2) is 9.97 Å². The minimum Gasteiger partial charge on any atom is -0.366 e. The third-order valence-corrected chi connectivity index (χ3v) is 4.12. The molecule has 26 heavy (non-hydrogen) atoms. The van der Waals surface area contributed by atoms with Gasteiger partial charge in [0, 0.05) is 30.7 Å². The van der Waals surface area contributed by atoms with E-state index in [1.54, 1.807) is 25.4 Å². The molecule has 0 spiro atoms. The number of anilines is 2. The molecule has 0 aliphatic heterocycles. The van der Waals surface area contributed by atoms with E-state index in [2.05, 4.69) is 25.6 Å². The second-order valence-electron chi connectivity index (χ2n) is 6.10. The number of benzene rings is 1. The summed E-state index contributed by atoms with van der Waals surface area (Å²) >= 11 is 0. The lowest BCUT2D eigenvalue weighted by molar-refractivity contribution is 0.102. The smallest absolute Gasteiger partial charge is 0.274 e. The molecule has 3 rings (SSSR count). The lowest BCUT2D eigenvalue weighted by Crippen LogP contribution is -2.16. The van der Waals surface area contributed by atoms with Crippen molar-refractivity contribution in [2.24, 2.45) is 0 Å². The molecule has 0 fully saturated rings. The van der Waals surface area contributed by atoms with E-state index in [9.17, 15) is 4.79 Å². The van der Waals surface area contributed by atoms with Gasteiger partial charge >= 0.3 is 0 Å². The third-order valence-electron chi connectivity index (χ3n) is 4.12. The van der Waals surface area contributed by atoms with Crippen molar-refractivity contribution in [1.29, 1.82) is 0 Å².